The minimum atomic E-state index is -0.589. The lowest BCUT2D eigenvalue weighted by Crippen LogP contribution is -2.32. The summed E-state index contributed by atoms with van der Waals surface area (Å²) >= 11 is 11.9. The van der Waals surface area contributed by atoms with Crippen LogP contribution in [0.2, 0.25) is 10.0 Å². The molecule has 0 saturated heterocycles. The minimum absolute atomic E-state index is 0.231. The lowest BCUT2D eigenvalue weighted by molar-refractivity contribution is -0.122. The third-order valence-corrected chi connectivity index (χ3v) is 3.83. The summed E-state index contributed by atoms with van der Waals surface area (Å²) in [5, 5.41) is 3.73. The Morgan fingerprint density at radius 3 is 2.35 bits per heavy atom. The molecule has 0 radical (unpaired) electrons. The molecular formula is C18H19Cl2NO2. The van der Waals surface area contributed by atoms with Crippen molar-refractivity contribution < 1.29 is 9.53 Å². The highest BCUT2D eigenvalue weighted by Gasteiger charge is 2.19. The lowest BCUT2D eigenvalue weighted by Gasteiger charge is -2.19. The fourth-order valence-electron chi connectivity index (χ4n) is 2.26. The average Bonchev–Trinajstić information content (AvgIpc) is 2.45. The average molecular weight is 352 g/mol. The molecule has 122 valence electrons. The molecule has 23 heavy (non-hydrogen) atoms. The summed E-state index contributed by atoms with van der Waals surface area (Å²) in [5.41, 5.74) is 2.71. The van der Waals surface area contributed by atoms with Gasteiger partial charge in [0.05, 0.1) is 0 Å². The maximum absolute atomic E-state index is 12.4. The van der Waals surface area contributed by atoms with E-state index in [1.54, 1.807) is 18.2 Å². The number of ether oxygens (including phenoxy) is 1. The molecule has 1 atom stereocenters. The van der Waals surface area contributed by atoms with Gasteiger partial charge in [0, 0.05) is 15.7 Å². The zero-order chi connectivity index (χ0) is 17.0. The molecule has 0 spiro atoms. The monoisotopic (exact) mass is 351 g/mol. The van der Waals surface area contributed by atoms with Crippen LogP contribution in [0.3, 0.4) is 0 Å². The summed E-state index contributed by atoms with van der Waals surface area (Å²) in [4.78, 5) is 12.4. The van der Waals surface area contributed by atoms with E-state index in [9.17, 15) is 4.79 Å². The molecule has 0 aromatic heterocycles. The molecule has 1 amide bonds. The van der Waals surface area contributed by atoms with Crippen molar-refractivity contribution in [1.82, 2.24) is 0 Å². The van der Waals surface area contributed by atoms with Crippen molar-refractivity contribution in [1.29, 1.82) is 0 Å². The molecule has 2 rings (SSSR count). The topological polar surface area (TPSA) is 38.3 Å². The highest BCUT2D eigenvalue weighted by molar-refractivity contribution is 6.35. The van der Waals surface area contributed by atoms with Gasteiger partial charge in [0.25, 0.3) is 5.91 Å². The van der Waals surface area contributed by atoms with Gasteiger partial charge >= 0.3 is 0 Å². The fraction of sp³-hybridized carbons (Fsp3) is 0.278. The highest BCUT2D eigenvalue weighted by Crippen LogP contribution is 2.24. The molecule has 0 unspecified atom stereocenters. The second-order valence-electron chi connectivity index (χ2n) is 5.43. The normalized spacial score (nSPS) is 11.9. The van der Waals surface area contributed by atoms with Crippen LogP contribution in [0.25, 0.3) is 0 Å². The number of aryl methyl sites for hydroxylation is 2. The largest absolute Gasteiger partial charge is 0.480 e. The number of hydrogen-bond donors (Lipinski definition) is 1. The molecule has 0 aliphatic carbocycles. The summed E-state index contributed by atoms with van der Waals surface area (Å²) in [6, 6.07) is 10.8. The number of halogens is 2. The smallest absolute Gasteiger partial charge is 0.265 e. The molecule has 2 aromatic rings. The van der Waals surface area contributed by atoms with E-state index >= 15 is 0 Å². The molecule has 0 fully saturated rings. The summed E-state index contributed by atoms with van der Waals surface area (Å²) in [6.07, 6.45) is -0.0397. The van der Waals surface area contributed by atoms with E-state index in [0.29, 0.717) is 27.9 Å². The van der Waals surface area contributed by atoms with Crippen LogP contribution in [0.15, 0.2) is 36.4 Å². The fourth-order valence-corrected chi connectivity index (χ4v) is 2.78. The molecule has 5 heteroatoms. The number of rotatable bonds is 5. The molecule has 0 saturated carbocycles. The van der Waals surface area contributed by atoms with Crippen molar-refractivity contribution in [3.8, 4) is 5.75 Å². The number of hydrogen-bond acceptors (Lipinski definition) is 2. The van der Waals surface area contributed by atoms with Gasteiger partial charge in [-0.15, -0.1) is 0 Å². The van der Waals surface area contributed by atoms with Gasteiger partial charge < -0.3 is 10.1 Å². The summed E-state index contributed by atoms with van der Waals surface area (Å²) in [6.45, 7) is 5.88. The molecule has 3 nitrogen and oxygen atoms in total. The highest BCUT2D eigenvalue weighted by atomic mass is 35.5. The van der Waals surface area contributed by atoms with Crippen LogP contribution in [0.5, 0.6) is 5.75 Å². The van der Waals surface area contributed by atoms with Crippen molar-refractivity contribution in [3.05, 3.63) is 57.6 Å². The van der Waals surface area contributed by atoms with Gasteiger partial charge in [-0.2, -0.15) is 0 Å². The number of carbonyl (C=O) groups is 1. The van der Waals surface area contributed by atoms with E-state index in [-0.39, 0.29) is 5.91 Å². The van der Waals surface area contributed by atoms with Gasteiger partial charge in [0.1, 0.15) is 5.75 Å². The Labute approximate surface area is 146 Å². The van der Waals surface area contributed by atoms with Crippen LogP contribution < -0.4 is 10.1 Å². The molecule has 0 bridgehead atoms. The van der Waals surface area contributed by atoms with Gasteiger partial charge in [-0.25, -0.2) is 0 Å². The maximum Gasteiger partial charge on any atom is 0.265 e. The first kappa shape index (κ1) is 17.6. The predicted molar refractivity (Wildman–Crippen MR) is 95.7 cm³/mol. The van der Waals surface area contributed by atoms with Gasteiger partial charge in [-0.05, 0) is 50.1 Å². The number of nitrogens with one attached hydrogen (secondary N) is 1. The Bertz CT molecular complexity index is 696. The third kappa shape index (κ3) is 4.88. The van der Waals surface area contributed by atoms with Crippen LogP contribution in [0, 0.1) is 13.8 Å². The van der Waals surface area contributed by atoms with E-state index < -0.39 is 6.10 Å². The Balaban J connectivity index is 2.12. The first-order chi connectivity index (χ1) is 10.9. The second-order valence-corrected chi connectivity index (χ2v) is 6.30. The zero-order valence-electron chi connectivity index (χ0n) is 13.3. The summed E-state index contributed by atoms with van der Waals surface area (Å²) in [7, 11) is 0. The van der Waals surface area contributed by atoms with Gasteiger partial charge in [0.15, 0.2) is 6.10 Å². The lowest BCUT2D eigenvalue weighted by atomic mass is 10.1. The summed E-state index contributed by atoms with van der Waals surface area (Å²) < 4.78 is 5.87. The van der Waals surface area contributed by atoms with E-state index in [1.165, 1.54) is 0 Å². The predicted octanol–water partition coefficient (Wildman–Crippen LogP) is 5.41. The number of carbonyl (C=O) groups excluding carboxylic acids is 1. The third-order valence-electron chi connectivity index (χ3n) is 3.39. The Morgan fingerprint density at radius 1 is 1.13 bits per heavy atom. The molecule has 0 heterocycles. The number of anilines is 1. The molecule has 0 aliphatic heterocycles. The van der Waals surface area contributed by atoms with Crippen molar-refractivity contribution in [2.75, 3.05) is 5.32 Å². The molecule has 1 N–H and O–H groups in total. The van der Waals surface area contributed by atoms with E-state index in [0.717, 1.165) is 11.1 Å². The maximum atomic E-state index is 12.4. The second kappa shape index (κ2) is 7.71. The van der Waals surface area contributed by atoms with E-state index in [1.807, 2.05) is 39.0 Å². The van der Waals surface area contributed by atoms with Gasteiger partial charge in [0.2, 0.25) is 0 Å². The van der Waals surface area contributed by atoms with Gasteiger partial charge in [-0.3, -0.25) is 4.79 Å². The summed E-state index contributed by atoms with van der Waals surface area (Å²) in [5.74, 6) is 0.479. The minimum Gasteiger partial charge on any atom is -0.480 e. The Hall–Kier alpha value is -1.71. The Morgan fingerprint density at radius 2 is 1.78 bits per heavy atom. The van der Waals surface area contributed by atoms with Crippen molar-refractivity contribution in [3.63, 3.8) is 0 Å². The molecular weight excluding hydrogens is 333 g/mol. The SMILES string of the molecule is CC[C@@H](Oc1ccc(C)cc1C)C(=O)Nc1cc(Cl)cc(Cl)c1. The van der Waals surface area contributed by atoms with Crippen LogP contribution in [0.4, 0.5) is 5.69 Å². The number of benzene rings is 2. The Kier molecular flexibility index (Phi) is 5.91. The van der Waals surface area contributed by atoms with Crippen LogP contribution in [-0.4, -0.2) is 12.0 Å². The van der Waals surface area contributed by atoms with Gasteiger partial charge in [-0.1, -0.05) is 47.8 Å². The molecule has 0 aliphatic rings. The van der Waals surface area contributed by atoms with Crippen LogP contribution in [0.1, 0.15) is 24.5 Å². The van der Waals surface area contributed by atoms with E-state index in [2.05, 4.69) is 5.32 Å². The van der Waals surface area contributed by atoms with Crippen molar-refractivity contribution in [2.24, 2.45) is 0 Å². The molecule has 2 aromatic carbocycles. The number of amides is 1. The van der Waals surface area contributed by atoms with Crippen molar-refractivity contribution in [2.45, 2.75) is 33.3 Å². The van der Waals surface area contributed by atoms with Crippen molar-refractivity contribution >= 4 is 34.8 Å². The first-order valence-electron chi connectivity index (χ1n) is 7.40. The standard InChI is InChI=1S/C18H19Cl2NO2/c1-4-16(23-17-6-5-11(2)7-12(17)3)18(22)21-15-9-13(19)8-14(20)10-15/h5-10,16H,4H2,1-3H3,(H,21,22)/t16-/m1/s1. The zero-order valence-corrected chi connectivity index (χ0v) is 14.8. The quantitative estimate of drug-likeness (QED) is 0.782. The van der Waals surface area contributed by atoms with Crippen LogP contribution >= 0.6 is 23.2 Å². The van der Waals surface area contributed by atoms with Crippen LogP contribution in [-0.2, 0) is 4.79 Å². The van der Waals surface area contributed by atoms with E-state index in [4.69, 9.17) is 27.9 Å². The first-order valence-corrected chi connectivity index (χ1v) is 8.15.